The summed E-state index contributed by atoms with van der Waals surface area (Å²) in [7, 11) is 2.02. The Morgan fingerprint density at radius 2 is 2.50 bits per heavy atom. The predicted molar refractivity (Wildman–Crippen MR) is 49.2 cm³/mol. The Morgan fingerprint density at radius 1 is 1.75 bits per heavy atom. The van der Waals surface area contributed by atoms with Crippen molar-refractivity contribution >= 4 is 5.96 Å². The topological polar surface area (TPSA) is 47.9 Å². The molecule has 4 heteroatoms. The first-order chi connectivity index (χ1) is 5.74. The highest BCUT2D eigenvalue weighted by molar-refractivity contribution is 5.81. The van der Waals surface area contributed by atoms with Gasteiger partial charge in [-0.1, -0.05) is 0 Å². The van der Waals surface area contributed by atoms with Crippen LogP contribution in [-0.4, -0.2) is 48.8 Å². The van der Waals surface area contributed by atoms with Gasteiger partial charge in [-0.2, -0.15) is 0 Å². The van der Waals surface area contributed by atoms with Gasteiger partial charge in [0.15, 0.2) is 5.96 Å². The molecule has 0 aromatic carbocycles. The maximum Gasteiger partial charge on any atom is 0.193 e. The Balaban J connectivity index is 2.30. The van der Waals surface area contributed by atoms with Gasteiger partial charge in [-0.05, 0) is 13.3 Å². The molecule has 1 rings (SSSR count). The van der Waals surface area contributed by atoms with Gasteiger partial charge in [0.2, 0.25) is 0 Å². The van der Waals surface area contributed by atoms with Gasteiger partial charge in [0, 0.05) is 26.2 Å². The monoisotopic (exact) mass is 171 g/mol. The molecule has 1 heterocycles. The summed E-state index contributed by atoms with van der Waals surface area (Å²) in [6.45, 7) is 4.15. The molecule has 0 saturated heterocycles. The molecule has 0 bridgehead atoms. The molecule has 1 unspecified atom stereocenters. The highest BCUT2D eigenvalue weighted by Crippen LogP contribution is 1.97. The van der Waals surface area contributed by atoms with E-state index in [9.17, 15) is 0 Å². The maximum atomic E-state index is 8.68. The van der Waals surface area contributed by atoms with Crippen molar-refractivity contribution in [3.63, 3.8) is 0 Å². The first kappa shape index (κ1) is 9.32. The molecule has 0 amide bonds. The summed E-state index contributed by atoms with van der Waals surface area (Å²) >= 11 is 0. The minimum absolute atomic E-state index is 0.227. The van der Waals surface area contributed by atoms with Crippen molar-refractivity contribution in [1.82, 2.24) is 10.2 Å². The van der Waals surface area contributed by atoms with Crippen molar-refractivity contribution < 1.29 is 5.11 Å². The number of nitrogens with zero attached hydrogens (tertiary/aromatic N) is 2. The summed E-state index contributed by atoms with van der Waals surface area (Å²) in [4.78, 5) is 6.38. The van der Waals surface area contributed by atoms with Crippen molar-refractivity contribution in [1.29, 1.82) is 0 Å². The largest absolute Gasteiger partial charge is 0.396 e. The van der Waals surface area contributed by atoms with Crippen LogP contribution in [0.3, 0.4) is 0 Å². The first-order valence-electron chi connectivity index (χ1n) is 4.37. The van der Waals surface area contributed by atoms with Crippen LogP contribution in [0.2, 0.25) is 0 Å². The Kier molecular flexibility index (Phi) is 3.34. The number of rotatable bonds is 3. The van der Waals surface area contributed by atoms with Crippen LogP contribution in [0.4, 0.5) is 0 Å². The van der Waals surface area contributed by atoms with E-state index < -0.39 is 0 Å². The van der Waals surface area contributed by atoms with E-state index in [2.05, 4.69) is 15.2 Å². The van der Waals surface area contributed by atoms with E-state index in [4.69, 9.17) is 5.11 Å². The second-order valence-corrected chi connectivity index (χ2v) is 3.18. The van der Waals surface area contributed by atoms with Crippen LogP contribution in [0.5, 0.6) is 0 Å². The molecule has 0 fully saturated rings. The van der Waals surface area contributed by atoms with Gasteiger partial charge < -0.3 is 15.3 Å². The molecular weight excluding hydrogens is 154 g/mol. The first-order valence-corrected chi connectivity index (χ1v) is 4.37. The fourth-order valence-electron chi connectivity index (χ4n) is 1.17. The van der Waals surface area contributed by atoms with E-state index in [1.807, 2.05) is 14.0 Å². The Morgan fingerprint density at radius 3 is 3.00 bits per heavy atom. The number of hydrogen-bond acceptors (Lipinski definition) is 4. The van der Waals surface area contributed by atoms with Crippen molar-refractivity contribution in [3.05, 3.63) is 0 Å². The summed E-state index contributed by atoms with van der Waals surface area (Å²) in [6.07, 6.45) is 0.771. The summed E-state index contributed by atoms with van der Waals surface area (Å²) < 4.78 is 0. The highest BCUT2D eigenvalue weighted by Gasteiger charge is 2.13. The summed E-state index contributed by atoms with van der Waals surface area (Å²) in [5, 5.41) is 11.9. The zero-order chi connectivity index (χ0) is 8.97. The normalized spacial score (nSPS) is 19.2. The number of hydrogen-bond donors (Lipinski definition) is 2. The summed E-state index contributed by atoms with van der Waals surface area (Å²) in [5.41, 5.74) is 0. The molecule has 1 atom stereocenters. The fraction of sp³-hybridized carbons (Fsp3) is 0.875. The average molecular weight is 171 g/mol. The van der Waals surface area contributed by atoms with Gasteiger partial charge in [0.25, 0.3) is 0 Å². The zero-order valence-electron chi connectivity index (χ0n) is 7.75. The van der Waals surface area contributed by atoms with Crippen molar-refractivity contribution in [2.45, 2.75) is 19.4 Å². The lowest BCUT2D eigenvalue weighted by atomic mass is 10.2. The molecule has 4 nitrogen and oxygen atoms in total. The number of guanidine groups is 1. The minimum Gasteiger partial charge on any atom is -0.396 e. The van der Waals surface area contributed by atoms with Gasteiger partial charge in [-0.25, -0.2) is 0 Å². The zero-order valence-corrected chi connectivity index (χ0v) is 7.75. The van der Waals surface area contributed by atoms with Gasteiger partial charge in [0.1, 0.15) is 0 Å². The molecule has 12 heavy (non-hydrogen) atoms. The number of aliphatic imine (C=N–C) groups is 1. The third kappa shape index (κ3) is 2.37. The second-order valence-electron chi connectivity index (χ2n) is 3.18. The third-order valence-corrected chi connectivity index (χ3v) is 2.00. The molecule has 2 N–H and O–H groups in total. The number of aliphatic hydroxyl groups excluding tert-OH is 1. The highest BCUT2D eigenvalue weighted by atomic mass is 16.3. The van der Waals surface area contributed by atoms with Crippen molar-refractivity contribution in [3.8, 4) is 0 Å². The molecule has 0 spiro atoms. The van der Waals surface area contributed by atoms with Crippen LogP contribution in [0.1, 0.15) is 13.3 Å². The minimum atomic E-state index is 0.227. The average Bonchev–Trinajstić information content (AvgIpc) is 2.37. The molecule has 0 radical (unpaired) electrons. The summed E-state index contributed by atoms with van der Waals surface area (Å²) in [5.74, 6) is 0.955. The molecule has 0 aliphatic carbocycles. The molecular formula is C8H17N3O. The van der Waals surface area contributed by atoms with Crippen LogP contribution >= 0.6 is 0 Å². The Hall–Kier alpha value is -0.770. The second kappa shape index (κ2) is 4.30. The number of likely N-dealkylation sites (N-methyl/N-ethyl adjacent to an activating group) is 1. The predicted octanol–water partition coefficient (Wildman–Crippen LogP) is -0.352. The Labute approximate surface area is 73.3 Å². The standard InChI is InChI=1S/C8H17N3O/c1-7(3-6-12)10-8-9-4-5-11(8)2/h7,12H,3-6H2,1-2H3,(H,9,10). The molecule has 0 saturated carbocycles. The van der Waals surface area contributed by atoms with Crippen LogP contribution in [0.15, 0.2) is 4.99 Å². The van der Waals surface area contributed by atoms with E-state index in [-0.39, 0.29) is 6.61 Å². The molecule has 70 valence electrons. The lowest BCUT2D eigenvalue weighted by Gasteiger charge is -2.19. The number of aliphatic hydroxyl groups is 1. The molecule has 1 aliphatic rings. The molecule has 0 aromatic rings. The van der Waals surface area contributed by atoms with Crippen LogP contribution in [0, 0.1) is 0 Å². The fourth-order valence-corrected chi connectivity index (χ4v) is 1.17. The van der Waals surface area contributed by atoms with E-state index in [1.54, 1.807) is 0 Å². The van der Waals surface area contributed by atoms with Crippen LogP contribution < -0.4 is 5.32 Å². The maximum absolute atomic E-state index is 8.68. The SMILES string of the molecule is CC(CCO)NC1=NCCN1C. The van der Waals surface area contributed by atoms with E-state index in [0.29, 0.717) is 6.04 Å². The van der Waals surface area contributed by atoms with Crippen LogP contribution in [0.25, 0.3) is 0 Å². The summed E-state index contributed by atoms with van der Waals surface area (Å²) in [6, 6.07) is 0.300. The molecule has 1 aliphatic heterocycles. The third-order valence-electron chi connectivity index (χ3n) is 2.00. The quantitative estimate of drug-likeness (QED) is 0.610. The van der Waals surface area contributed by atoms with Crippen molar-refractivity contribution in [2.75, 3.05) is 26.7 Å². The van der Waals surface area contributed by atoms with E-state index in [0.717, 1.165) is 25.5 Å². The number of nitrogens with one attached hydrogen (secondary N) is 1. The smallest absolute Gasteiger partial charge is 0.193 e. The van der Waals surface area contributed by atoms with Gasteiger partial charge >= 0.3 is 0 Å². The van der Waals surface area contributed by atoms with Gasteiger partial charge in [-0.3, -0.25) is 4.99 Å². The van der Waals surface area contributed by atoms with Gasteiger partial charge in [0.05, 0.1) is 6.54 Å². The molecule has 0 aromatic heterocycles. The van der Waals surface area contributed by atoms with Gasteiger partial charge in [-0.15, -0.1) is 0 Å². The van der Waals surface area contributed by atoms with E-state index >= 15 is 0 Å². The Bertz CT molecular complexity index is 170. The van der Waals surface area contributed by atoms with Crippen LogP contribution in [-0.2, 0) is 0 Å². The van der Waals surface area contributed by atoms with Crippen molar-refractivity contribution in [2.24, 2.45) is 4.99 Å². The lowest BCUT2D eigenvalue weighted by Crippen LogP contribution is -2.41. The lowest BCUT2D eigenvalue weighted by molar-refractivity contribution is 0.274. The van der Waals surface area contributed by atoms with E-state index in [1.165, 1.54) is 0 Å².